The first-order valence-electron chi connectivity index (χ1n) is 13.9. The number of rotatable bonds is 8. The van der Waals surface area contributed by atoms with Crippen LogP contribution in [0.3, 0.4) is 0 Å². The zero-order valence-corrected chi connectivity index (χ0v) is 23.5. The minimum atomic E-state index is -0.933. The highest BCUT2D eigenvalue weighted by Gasteiger charge is 2.49. The number of likely N-dealkylation sites (tertiary alicyclic amines) is 2. The normalized spacial score (nSPS) is 23.6. The van der Waals surface area contributed by atoms with Crippen molar-refractivity contribution in [1.82, 2.24) is 9.80 Å². The van der Waals surface area contributed by atoms with Crippen molar-refractivity contribution >= 4 is 11.6 Å². The van der Waals surface area contributed by atoms with Crippen LogP contribution in [0.15, 0.2) is 66.7 Å². The number of phenols is 2. The molecule has 5 rings (SSSR count). The Kier molecular flexibility index (Phi) is 8.01. The SMILES string of the molecule is Cc1c(F)cccc1[C@H]1[C@@H](C(=O)c2cccc(O)c2)CN(C2[CH]CN2CC(C)(C)O)C[C@H]1C(=O)c1cccc(O)c1. The van der Waals surface area contributed by atoms with Crippen LogP contribution in [0.4, 0.5) is 4.39 Å². The standard InChI is InChI=1S/C33H36FN2O5/c1-20-25(11-6-12-28(20)34)30-26(31(39)21-7-4-9-23(37)15-21)17-36(29-13-14-35(29)19-33(2,3)41)18-27(30)32(40)22-8-5-10-24(38)16-22/h4-13,15-16,26-27,29-30,37-38,41H,14,17-19H2,1-3H3/t26-,27+,29?,30-. The van der Waals surface area contributed by atoms with Gasteiger partial charge in [0.1, 0.15) is 17.3 Å². The molecule has 1 radical (unpaired) electrons. The van der Waals surface area contributed by atoms with E-state index in [-0.39, 0.29) is 29.2 Å². The number of ketones is 2. The second-order valence-electron chi connectivity index (χ2n) is 11.9. The molecule has 0 aromatic heterocycles. The Balaban J connectivity index is 1.63. The lowest BCUT2D eigenvalue weighted by molar-refractivity contribution is -0.0620. The van der Waals surface area contributed by atoms with E-state index in [1.807, 2.05) is 0 Å². The van der Waals surface area contributed by atoms with Crippen LogP contribution >= 0.6 is 0 Å². The van der Waals surface area contributed by atoms with Crippen molar-refractivity contribution in [2.75, 3.05) is 26.2 Å². The van der Waals surface area contributed by atoms with E-state index in [0.29, 0.717) is 48.4 Å². The van der Waals surface area contributed by atoms with Crippen molar-refractivity contribution in [3.8, 4) is 11.5 Å². The summed E-state index contributed by atoms with van der Waals surface area (Å²) in [5.41, 5.74) is 0.660. The molecule has 0 bridgehead atoms. The number of piperidine rings is 1. The Morgan fingerprint density at radius 1 is 0.902 bits per heavy atom. The van der Waals surface area contributed by atoms with Gasteiger partial charge in [0.25, 0.3) is 0 Å². The molecule has 0 aliphatic carbocycles. The van der Waals surface area contributed by atoms with Crippen molar-refractivity contribution < 1.29 is 29.3 Å². The average Bonchev–Trinajstić information content (AvgIpc) is 2.91. The predicted molar refractivity (Wildman–Crippen MR) is 153 cm³/mol. The maximum absolute atomic E-state index is 14.9. The number of hydrogen-bond donors (Lipinski definition) is 3. The van der Waals surface area contributed by atoms with Crippen LogP contribution in [0.2, 0.25) is 0 Å². The molecule has 0 amide bonds. The Morgan fingerprint density at radius 3 is 1.90 bits per heavy atom. The average molecular weight is 560 g/mol. The van der Waals surface area contributed by atoms with E-state index < -0.39 is 29.2 Å². The monoisotopic (exact) mass is 559 g/mol. The van der Waals surface area contributed by atoms with Crippen LogP contribution in [0.5, 0.6) is 11.5 Å². The number of halogens is 1. The van der Waals surface area contributed by atoms with Gasteiger partial charge in [-0.15, -0.1) is 0 Å². The molecular weight excluding hydrogens is 523 g/mol. The lowest BCUT2D eigenvalue weighted by Gasteiger charge is -2.53. The molecular formula is C33H36FN2O5. The second-order valence-corrected chi connectivity index (χ2v) is 11.9. The number of benzene rings is 3. The highest BCUT2D eigenvalue weighted by molar-refractivity contribution is 6.02. The van der Waals surface area contributed by atoms with Gasteiger partial charge in [-0.05, 0) is 62.2 Å². The summed E-state index contributed by atoms with van der Waals surface area (Å²) < 4.78 is 14.9. The Labute approximate surface area is 239 Å². The molecule has 7 nitrogen and oxygen atoms in total. The fourth-order valence-electron chi connectivity index (χ4n) is 6.34. The van der Waals surface area contributed by atoms with Crippen LogP contribution in [-0.4, -0.2) is 74.6 Å². The third-order valence-corrected chi connectivity index (χ3v) is 8.22. The summed E-state index contributed by atoms with van der Waals surface area (Å²) in [7, 11) is 0. The van der Waals surface area contributed by atoms with Crippen molar-refractivity contribution in [2.24, 2.45) is 11.8 Å². The Hall–Kier alpha value is -3.59. The molecule has 3 aromatic rings. The number of phenolic OH excluding ortho intramolecular Hbond substituents is 2. The van der Waals surface area contributed by atoms with Crippen molar-refractivity contribution in [3.05, 3.63) is 101 Å². The molecule has 215 valence electrons. The van der Waals surface area contributed by atoms with Gasteiger partial charge in [0.15, 0.2) is 11.6 Å². The summed E-state index contributed by atoms with van der Waals surface area (Å²) >= 11 is 0. The number of Topliss-reactive ketones (excluding diaryl/α,β-unsaturated/α-hetero) is 2. The molecule has 4 atom stereocenters. The van der Waals surface area contributed by atoms with E-state index >= 15 is 0 Å². The summed E-state index contributed by atoms with van der Waals surface area (Å²) in [4.78, 5) is 32.6. The molecule has 3 aromatic carbocycles. The molecule has 41 heavy (non-hydrogen) atoms. The molecule has 2 aliphatic rings. The smallest absolute Gasteiger partial charge is 0.167 e. The summed E-state index contributed by atoms with van der Waals surface area (Å²) in [6, 6.07) is 17.0. The maximum Gasteiger partial charge on any atom is 0.167 e. The number of carbonyl (C=O) groups excluding carboxylic acids is 2. The van der Waals surface area contributed by atoms with E-state index in [0.717, 1.165) is 0 Å². The topological polar surface area (TPSA) is 101 Å². The van der Waals surface area contributed by atoms with Crippen LogP contribution in [-0.2, 0) is 0 Å². The van der Waals surface area contributed by atoms with E-state index in [9.17, 15) is 29.3 Å². The van der Waals surface area contributed by atoms with Gasteiger partial charge in [0.2, 0.25) is 0 Å². The Bertz CT molecular complexity index is 1380. The summed E-state index contributed by atoms with van der Waals surface area (Å²) in [6.07, 6.45) is 1.89. The van der Waals surface area contributed by atoms with Gasteiger partial charge in [-0.25, -0.2) is 4.39 Å². The van der Waals surface area contributed by atoms with Gasteiger partial charge in [-0.1, -0.05) is 36.4 Å². The third kappa shape index (κ3) is 6.05. The molecule has 1 unspecified atom stereocenters. The molecule has 2 heterocycles. The zero-order valence-electron chi connectivity index (χ0n) is 23.5. The summed E-state index contributed by atoms with van der Waals surface area (Å²) in [6.45, 7) is 6.80. The van der Waals surface area contributed by atoms with Crippen molar-refractivity contribution in [2.45, 2.75) is 38.5 Å². The summed E-state index contributed by atoms with van der Waals surface area (Å²) in [5.74, 6) is -3.14. The number of aromatic hydroxyl groups is 2. The molecule has 2 aliphatic heterocycles. The Morgan fingerprint density at radius 2 is 1.44 bits per heavy atom. The van der Waals surface area contributed by atoms with E-state index in [1.165, 1.54) is 30.3 Å². The van der Waals surface area contributed by atoms with Crippen molar-refractivity contribution in [1.29, 1.82) is 0 Å². The van der Waals surface area contributed by atoms with Gasteiger partial charge in [0, 0.05) is 61.5 Å². The minimum Gasteiger partial charge on any atom is -0.508 e. The van der Waals surface area contributed by atoms with E-state index in [2.05, 4.69) is 16.2 Å². The molecule has 0 spiro atoms. The van der Waals surface area contributed by atoms with Crippen LogP contribution < -0.4 is 0 Å². The number of β-amino-alcohol motifs (C(OH)–C–C–N with tert-alkyl or cyclic N) is 1. The fourth-order valence-corrected chi connectivity index (χ4v) is 6.34. The first-order valence-corrected chi connectivity index (χ1v) is 13.9. The van der Waals surface area contributed by atoms with E-state index in [4.69, 9.17) is 0 Å². The highest BCUT2D eigenvalue weighted by Crippen LogP contribution is 2.44. The minimum absolute atomic E-state index is 0.0435. The van der Waals surface area contributed by atoms with Crippen LogP contribution in [0.1, 0.15) is 51.6 Å². The molecule has 3 N–H and O–H groups in total. The van der Waals surface area contributed by atoms with E-state index in [1.54, 1.807) is 57.2 Å². The van der Waals surface area contributed by atoms with Crippen LogP contribution in [0, 0.1) is 31.0 Å². The molecule has 0 saturated carbocycles. The quantitative estimate of drug-likeness (QED) is 0.348. The number of aliphatic hydroxyl groups is 1. The lowest BCUT2D eigenvalue weighted by Crippen LogP contribution is -2.65. The third-order valence-electron chi connectivity index (χ3n) is 8.22. The number of hydrogen-bond acceptors (Lipinski definition) is 7. The maximum atomic E-state index is 14.9. The van der Waals surface area contributed by atoms with Gasteiger partial charge in [-0.3, -0.25) is 19.4 Å². The molecule has 8 heteroatoms. The van der Waals surface area contributed by atoms with Gasteiger partial charge in [-0.2, -0.15) is 0 Å². The molecule has 2 saturated heterocycles. The van der Waals surface area contributed by atoms with Gasteiger partial charge >= 0.3 is 0 Å². The fraction of sp³-hybridized carbons (Fsp3) is 0.364. The summed E-state index contributed by atoms with van der Waals surface area (Å²) in [5, 5.41) is 30.8. The lowest BCUT2D eigenvalue weighted by atomic mass is 9.67. The van der Waals surface area contributed by atoms with Gasteiger partial charge in [0.05, 0.1) is 11.8 Å². The highest BCUT2D eigenvalue weighted by atomic mass is 19.1. The zero-order chi connectivity index (χ0) is 29.5. The second kappa shape index (κ2) is 11.4. The first-order chi connectivity index (χ1) is 19.4. The number of nitrogens with zero attached hydrogens (tertiary/aromatic N) is 2. The number of carbonyl (C=O) groups is 2. The largest absolute Gasteiger partial charge is 0.508 e. The molecule has 2 fully saturated rings. The van der Waals surface area contributed by atoms with Crippen LogP contribution in [0.25, 0.3) is 0 Å². The van der Waals surface area contributed by atoms with Crippen molar-refractivity contribution in [3.63, 3.8) is 0 Å². The first kappa shape index (κ1) is 28.9. The van der Waals surface area contributed by atoms with Gasteiger partial charge < -0.3 is 15.3 Å². The predicted octanol–water partition coefficient (Wildman–Crippen LogP) is 4.56.